The van der Waals surface area contributed by atoms with Crippen molar-refractivity contribution in [2.24, 2.45) is 0 Å². The fourth-order valence-corrected chi connectivity index (χ4v) is 3.05. The maximum Gasteiger partial charge on any atom is 0.146 e. The summed E-state index contributed by atoms with van der Waals surface area (Å²) in [6.45, 7) is 0.345. The van der Waals surface area contributed by atoms with Crippen LogP contribution >= 0.6 is 0 Å². The highest BCUT2D eigenvalue weighted by atomic mass is 16.5. The molecule has 3 aromatic heterocycles. The van der Waals surface area contributed by atoms with Crippen molar-refractivity contribution < 1.29 is 4.74 Å². The lowest BCUT2D eigenvalue weighted by atomic mass is 10.0. The van der Waals surface area contributed by atoms with E-state index in [-0.39, 0.29) is 0 Å². The van der Waals surface area contributed by atoms with Crippen LogP contribution in [0.3, 0.4) is 0 Å². The van der Waals surface area contributed by atoms with Crippen LogP contribution in [0.25, 0.3) is 32.9 Å². The smallest absolute Gasteiger partial charge is 0.146 e. The Morgan fingerprint density at radius 2 is 2.08 bits per heavy atom. The van der Waals surface area contributed by atoms with E-state index >= 15 is 0 Å². The van der Waals surface area contributed by atoms with Crippen LogP contribution in [0, 0.1) is 11.3 Å². The first-order chi connectivity index (χ1) is 11.8. The number of benzene rings is 1. The van der Waals surface area contributed by atoms with E-state index in [4.69, 9.17) is 4.74 Å². The number of aromatic amines is 1. The molecular formula is C19H14N4O. The molecule has 0 amide bonds. The molecule has 1 aromatic carbocycles. The molecule has 5 nitrogen and oxygen atoms in total. The molecule has 0 fully saturated rings. The lowest BCUT2D eigenvalue weighted by molar-refractivity contribution is 0.185. The maximum atomic E-state index is 9.36. The van der Waals surface area contributed by atoms with E-state index in [0.717, 1.165) is 38.5 Å². The van der Waals surface area contributed by atoms with Gasteiger partial charge in [0.15, 0.2) is 0 Å². The molecule has 4 aromatic rings. The van der Waals surface area contributed by atoms with Crippen molar-refractivity contribution in [2.45, 2.75) is 6.61 Å². The number of nitriles is 1. The highest BCUT2D eigenvalue weighted by Gasteiger charge is 2.14. The van der Waals surface area contributed by atoms with Crippen LogP contribution in [-0.2, 0) is 11.3 Å². The van der Waals surface area contributed by atoms with Crippen molar-refractivity contribution in [3.8, 4) is 17.2 Å². The van der Waals surface area contributed by atoms with Gasteiger partial charge in [0.1, 0.15) is 11.8 Å². The van der Waals surface area contributed by atoms with E-state index in [1.165, 1.54) is 0 Å². The number of nitrogens with zero attached hydrogens (tertiary/aromatic N) is 3. The third kappa shape index (κ3) is 2.21. The molecule has 0 aliphatic rings. The van der Waals surface area contributed by atoms with E-state index in [9.17, 15) is 5.26 Å². The minimum absolute atomic E-state index is 0.345. The average Bonchev–Trinajstić information content (AvgIpc) is 3.01. The minimum atomic E-state index is 0.345. The molecule has 1 N–H and O–H groups in total. The lowest BCUT2D eigenvalue weighted by Crippen LogP contribution is -1.96. The Balaban J connectivity index is 2.05. The number of aromatic nitrogens is 3. The monoisotopic (exact) mass is 314 g/mol. The van der Waals surface area contributed by atoms with Gasteiger partial charge in [0, 0.05) is 46.9 Å². The molecule has 4 rings (SSSR count). The van der Waals surface area contributed by atoms with E-state index in [1.54, 1.807) is 19.5 Å². The Labute approximate surface area is 138 Å². The summed E-state index contributed by atoms with van der Waals surface area (Å²) in [5, 5.41) is 11.4. The molecule has 0 aliphatic heterocycles. The van der Waals surface area contributed by atoms with Gasteiger partial charge in [-0.25, -0.2) is 4.98 Å². The van der Waals surface area contributed by atoms with E-state index in [2.05, 4.69) is 33.2 Å². The predicted octanol–water partition coefficient (Wildman–Crippen LogP) is 3.80. The molecule has 0 saturated carbocycles. The summed E-state index contributed by atoms with van der Waals surface area (Å²) in [6.07, 6.45) is 5.31. The van der Waals surface area contributed by atoms with Crippen LogP contribution in [-0.4, -0.2) is 22.1 Å². The summed E-state index contributed by atoms with van der Waals surface area (Å²) in [5.74, 6) is 0. The molecule has 0 unspecified atom stereocenters. The Kier molecular flexibility index (Phi) is 3.45. The molecule has 0 spiro atoms. The molecule has 0 saturated heterocycles. The Hall–Kier alpha value is -3.23. The van der Waals surface area contributed by atoms with Gasteiger partial charge in [-0.2, -0.15) is 5.26 Å². The van der Waals surface area contributed by atoms with Crippen molar-refractivity contribution in [3.05, 3.63) is 60.2 Å². The SMILES string of the molecule is COCc1c(C#N)ncc2[nH]c3ccc(-c4cccnc4)cc3c12. The summed E-state index contributed by atoms with van der Waals surface area (Å²) in [6, 6.07) is 12.3. The first-order valence-corrected chi connectivity index (χ1v) is 7.54. The molecule has 0 aliphatic carbocycles. The first-order valence-electron chi connectivity index (χ1n) is 7.54. The third-order valence-electron chi connectivity index (χ3n) is 4.13. The highest BCUT2D eigenvalue weighted by Crippen LogP contribution is 2.32. The number of pyridine rings is 2. The fraction of sp³-hybridized carbons (Fsp3) is 0.105. The van der Waals surface area contributed by atoms with Crippen molar-refractivity contribution in [3.63, 3.8) is 0 Å². The largest absolute Gasteiger partial charge is 0.380 e. The Morgan fingerprint density at radius 3 is 2.83 bits per heavy atom. The third-order valence-corrected chi connectivity index (χ3v) is 4.13. The average molecular weight is 314 g/mol. The van der Waals surface area contributed by atoms with E-state index in [1.807, 2.05) is 24.4 Å². The standard InChI is InChI=1S/C19H14N4O/c1-24-11-15-17(8-20)22-10-18-19(15)14-7-12(4-5-16(14)23-18)13-3-2-6-21-9-13/h2-7,9-10,23H,11H2,1H3. The van der Waals surface area contributed by atoms with Crippen LogP contribution in [0.4, 0.5) is 0 Å². The number of nitrogens with one attached hydrogen (secondary N) is 1. The number of hydrogen-bond donors (Lipinski definition) is 1. The van der Waals surface area contributed by atoms with Crippen LogP contribution in [0.2, 0.25) is 0 Å². The topological polar surface area (TPSA) is 74.6 Å². The quantitative estimate of drug-likeness (QED) is 0.624. The van der Waals surface area contributed by atoms with Crippen LogP contribution in [0.15, 0.2) is 48.9 Å². The van der Waals surface area contributed by atoms with Crippen LogP contribution in [0.5, 0.6) is 0 Å². The van der Waals surface area contributed by atoms with E-state index in [0.29, 0.717) is 12.3 Å². The second-order valence-electron chi connectivity index (χ2n) is 5.55. The number of hydrogen-bond acceptors (Lipinski definition) is 4. The number of methoxy groups -OCH3 is 1. The molecular weight excluding hydrogens is 300 g/mol. The predicted molar refractivity (Wildman–Crippen MR) is 92.3 cm³/mol. The Morgan fingerprint density at radius 1 is 1.17 bits per heavy atom. The van der Waals surface area contributed by atoms with Gasteiger partial charge in [-0.05, 0) is 23.8 Å². The molecule has 0 radical (unpaired) electrons. The van der Waals surface area contributed by atoms with Gasteiger partial charge < -0.3 is 9.72 Å². The summed E-state index contributed by atoms with van der Waals surface area (Å²) < 4.78 is 5.30. The van der Waals surface area contributed by atoms with Crippen molar-refractivity contribution in [2.75, 3.05) is 7.11 Å². The fourth-order valence-electron chi connectivity index (χ4n) is 3.05. The highest BCUT2D eigenvalue weighted by molar-refractivity contribution is 6.10. The molecule has 0 bridgehead atoms. The minimum Gasteiger partial charge on any atom is -0.380 e. The Bertz CT molecular complexity index is 1080. The summed E-state index contributed by atoms with van der Waals surface area (Å²) in [4.78, 5) is 11.8. The lowest BCUT2D eigenvalue weighted by Gasteiger charge is -2.05. The summed E-state index contributed by atoms with van der Waals surface area (Å²) >= 11 is 0. The zero-order valence-electron chi connectivity index (χ0n) is 13.1. The van der Waals surface area contributed by atoms with Gasteiger partial charge in [-0.3, -0.25) is 4.98 Å². The van der Waals surface area contributed by atoms with Gasteiger partial charge in [0.2, 0.25) is 0 Å². The van der Waals surface area contributed by atoms with Crippen molar-refractivity contribution >= 4 is 21.8 Å². The molecule has 24 heavy (non-hydrogen) atoms. The summed E-state index contributed by atoms with van der Waals surface area (Å²) in [7, 11) is 1.62. The number of H-pyrrole nitrogens is 1. The molecule has 116 valence electrons. The number of ether oxygens (including phenoxy) is 1. The molecule has 0 atom stereocenters. The van der Waals surface area contributed by atoms with Crippen LogP contribution in [0.1, 0.15) is 11.3 Å². The normalized spacial score (nSPS) is 11.0. The second-order valence-corrected chi connectivity index (χ2v) is 5.55. The van der Waals surface area contributed by atoms with Gasteiger partial charge in [-0.15, -0.1) is 0 Å². The van der Waals surface area contributed by atoms with Crippen LogP contribution < -0.4 is 0 Å². The number of rotatable bonds is 3. The van der Waals surface area contributed by atoms with E-state index < -0.39 is 0 Å². The second kappa shape index (κ2) is 5.76. The van der Waals surface area contributed by atoms with Gasteiger partial charge in [-0.1, -0.05) is 12.1 Å². The molecule has 5 heteroatoms. The first kappa shape index (κ1) is 14.4. The summed E-state index contributed by atoms with van der Waals surface area (Å²) in [5.41, 5.74) is 5.25. The van der Waals surface area contributed by atoms with Gasteiger partial charge in [0.25, 0.3) is 0 Å². The van der Waals surface area contributed by atoms with Crippen molar-refractivity contribution in [1.82, 2.24) is 15.0 Å². The number of fused-ring (bicyclic) bond motifs is 3. The molecule has 3 heterocycles. The van der Waals surface area contributed by atoms with Gasteiger partial charge in [0.05, 0.1) is 18.3 Å². The van der Waals surface area contributed by atoms with Crippen molar-refractivity contribution in [1.29, 1.82) is 5.26 Å². The zero-order valence-corrected chi connectivity index (χ0v) is 13.1. The zero-order chi connectivity index (χ0) is 16.5. The van der Waals surface area contributed by atoms with Gasteiger partial charge >= 0.3 is 0 Å². The maximum absolute atomic E-state index is 9.36.